The van der Waals surface area contributed by atoms with Gasteiger partial charge in [-0.25, -0.2) is 0 Å². The van der Waals surface area contributed by atoms with Crippen molar-refractivity contribution in [2.75, 3.05) is 13.2 Å². The summed E-state index contributed by atoms with van der Waals surface area (Å²) in [4.78, 5) is 0. The second kappa shape index (κ2) is 6.38. The fraction of sp³-hybridized carbons (Fsp3) is 0.444. The van der Waals surface area contributed by atoms with Gasteiger partial charge in [0.05, 0.1) is 11.6 Å². The fourth-order valence-corrected chi connectivity index (χ4v) is 2.81. The molecule has 0 radical (unpaired) electrons. The van der Waals surface area contributed by atoms with Crippen LogP contribution in [0.5, 0.6) is 0 Å². The minimum Gasteiger partial charge on any atom is -0.374 e. The van der Waals surface area contributed by atoms with Crippen molar-refractivity contribution < 1.29 is 4.74 Å². The molecule has 2 aromatic carbocycles. The number of hydrogen-bond acceptors (Lipinski definition) is 2. The van der Waals surface area contributed by atoms with Gasteiger partial charge in [-0.3, -0.25) is 0 Å². The van der Waals surface area contributed by atoms with E-state index < -0.39 is 0 Å². The summed E-state index contributed by atoms with van der Waals surface area (Å²) in [7, 11) is 0. The molecule has 0 saturated heterocycles. The molecule has 2 heteroatoms. The van der Waals surface area contributed by atoms with E-state index >= 15 is 0 Å². The van der Waals surface area contributed by atoms with Crippen molar-refractivity contribution in [1.29, 1.82) is 0 Å². The highest BCUT2D eigenvalue weighted by molar-refractivity contribution is 5.83. The highest BCUT2D eigenvalue weighted by Gasteiger charge is 2.30. The topological polar surface area (TPSA) is 21.3 Å². The highest BCUT2D eigenvalue weighted by atomic mass is 16.5. The molecule has 0 fully saturated rings. The summed E-state index contributed by atoms with van der Waals surface area (Å²) in [5.41, 5.74) is 1.05. The number of benzene rings is 2. The van der Waals surface area contributed by atoms with Crippen LogP contribution >= 0.6 is 0 Å². The number of rotatable bonds is 6. The molecule has 0 amide bonds. The first kappa shape index (κ1) is 15.0. The van der Waals surface area contributed by atoms with Crippen molar-refractivity contribution in [3.8, 4) is 0 Å². The number of fused-ring (bicyclic) bond motifs is 1. The molecule has 0 heterocycles. The van der Waals surface area contributed by atoms with Crippen molar-refractivity contribution in [1.82, 2.24) is 5.32 Å². The van der Waals surface area contributed by atoms with Gasteiger partial charge in [0, 0.05) is 6.61 Å². The molecule has 2 rings (SSSR count). The molecule has 0 saturated carbocycles. The van der Waals surface area contributed by atoms with Crippen LogP contribution in [0.15, 0.2) is 42.5 Å². The molecule has 108 valence electrons. The summed E-state index contributed by atoms with van der Waals surface area (Å²) >= 11 is 0. The molecule has 0 aliphatic rings. The molecule has 20 heavy (non-hydrogen) atoms. The van der Waals surface area contributed by atoms with Crippen LogP contribution in [0.1, 0.15) is 39.3 Å². The minimum absolute atomic E-state index is 0.192. The molecule has 2 aromatic rings. The van der Waals surface area contributed by atoms with Crippen molar-refractivity contribution >= 4 is 10.8 Å². The predicted molar refractivity (Wildman–Crippen MR) is 86.1 cm³/mol. The lowest BCUT2D eigenvalue weighted by Gasteiger charge is -2.35. The van der Waals surface area contributed by atoms with Crippen molar-refractivity contribution in [2.45, 2.75) is 39.3 Å². The van der Waals surface area contributed by atoms with E-state index in [0.29, 0.717) is 0 Å². The number of ether oxygens (including phenoxy) is 1. The van der Waals surface area contributed by atoms with E-state index in [2.05, 4.69) is 68.6 Å². The third kappa shape index (κ3) is 3.20. The van der Waals surface area contributed by atoms with Crippen molar-refractivity contribution in [2.24, 2.45) is 0 Å². The zero-order valence-electron chi connectivity index (χ0n) is 12.9. The Morgan fingerprint density at radius 3 is 2.40 bits per heavy atom. The van der Waals surface area contributed by atoms with Gasteiger partial charge in [-0.2, -0.15) is 0 Å². The van der Waals surface area contributed by atoms with Gasteiger partial charge in [0.1, 0.15) is 0 Å². The van der Waals surface area contributed by atoms with Gasteiger partial charge in [0.15, 0.2) is 0 Å². The van der Waals surface area contributed by atoms with Gasteiger partial charge in [-0.1, -0.05) is 43.3 Å². The molecule has 2 nitrogen and oxygen atoms in total. The monoisotopic (exact) mass is 271 g/mol. The molecular weight excluding hydrogens is 246 g/mol. The normalized spacial score (nSPS) is 13.6. The zero-order chi connectivity index (χ0) is 14.6. The molecule has 1 N–H and O–H groups in total. The van der Waals surface area contributed by atoms with Gasteiger partial charge in [0.2, 0.25) is 0 Å². The molecule has 1 atom stereocenters. The number of hydrogen-bond donors (Lipinski definition) is 1. The second-order valence-corrected chi connectivity index (χ2v) is 5.63. The van der Waals surface area contributed by atoms with E-state index in [-0.39, 0.29) is 11.6 Å². The summed E-state index contributed by atoms with van der Waals surface area (Å²) in [6.07, 6.45) is 0. The van der Waals surface area contributed by atoms with Gasteiger partial charge < -0.3 is 10.1 Å². The SMILES string of the molecule is CCNC(c1ccc2ccccc2c1)C(C)(C)OCC. The molecule has 1 unspecified atom stereocenters. The van der Waals surface area contributed by atoms with Crippen LogP contribution < -0.4 is 5.32 Å². The number of likely N-dealkylation sites (N-methyl/N-ethyl adjacent to an activating group) is 1. The van der Waals surface area contributed by atoms with E-state index in [1.165, 1.54) is 16.3 Å². The largest absolute Gasteiger partial charge is 0.374 e. The Labute approximate surface area is 122 Å². The average molecular weight is 271 g/mol. The van der Waals surface area contributed by atoms with Crippen LogP contribution in [-0.2, 0) is 4.74 Å². The quantitative estimate of drug-likeness (QED) is 0.845. The van der Waals surface area contributed by atoms with Crippen LogP contribution in [0.4, 0.5) is 0 Å². The molecule has 0 aliphatic heterocycles. The maximum absolute atomic E-state index is 5.95. The van der Waals surface area contributed by atoms with Gasteiger partial charge in [-0.15, -0.1) is 0 Å². The van der Waals surface area contributed by atoms with Crippen LogP contribution in [0, 0.1) is 0 Å². The highest BCUT2D eigenvalue weighted by Crippen LogP contribution is 2.30. The van der Waals surface area contributed by atoms with Crippen LogP contribution in [-0.4, -0.2) is 18.8 Å². The maximum atomic E-state index is 5.95. The Morgan fingerprint density at radius 1 is 1.05 bits per heavy atom. The van der Waals surface area contributed by atoms with E-state index in [4.69, 9.17) is 4.74 Å². The van der Waals surface area contributed by atoms with E-state index in [9.17, 15) is 0 Å². The Kier molecular flexibility index (Phi) is 4.79. The molecule has 0 spiro atoms. The lowest BCUT2D eigenvalue weighted by Crippen LogP contribution is -2.41. The smallest absolute Gasteiger partial charge is 0.0820 e. The zero-order valence-corrected chi connectivity index (χ0v) is 12.9. The van der Waals surface area contributed by atoms with Gasteiger partial charge in [0.25, 0.3) is 0 Å². The van der Waals surface area contributed by atoms with E-state index in [1.807, 2.05) is 6.92 Å². The van der Waals surface area contributed by atoms with E-state index in [0.717, 1.165) is 13.2 Å². The standard InChI is InChI=1S/C18H25NO/c1-5-19-17(18(3,4)20-6-2)16-12-11-14-9-7-8-10-15(14)13-16/h7-13,17,19H,5-6H2,1-4H3. The van der Waals surface area contributed by atoms with Crippen LogP contribution in [0.25, 0.3) is 10.8 Å². The first-order valence-corrected chi connectivity index (χ1v) is 7.44. The van der Waals surface area contributed by atoms with Crippen molar-refractivity contribution in [3.05, 3.63) is 48.0 Å². The lowest BCUT2D eigenvalue weighted by atomic mass is 9.90. The van der Waals surface area contributed by atoms with Gasteiger partial charge >= 0.3 is 0 Å². The second-order valence-electron chi connectivity index (χ2n) is 5.63. The van der Waals surface area contributed by atoms with E-state index in [1.54, 1.807) is 0 Å². The van der Waals surface area contributed by atoms with Crippen molar-refractivity contribution in [3.63, 3.8) is 0 Å². The summed E-state index contributed by atoms with van der Waals surface area (Å²) < 4.78 is 5.95. The Balaban J connectivity index is 2.40. The summed E-state index contributed by atoms with van der Waals surface area (Å²) in [5, 5.41) is 6.12. The fourth-order valence-electron chi connectivity index (χ4n) is 2.81. The Hall–Kier alpha value is -1.38. The minimum atomic E-state index is -0.229. The first-order chi connectivity index (χ1) is 9.58. The lowest BCUT2D eigenvalue weighted by molar-refractivity contribution is -0.0388. The predicted octanol–water partition coefficient (Wildman–Crippen LogP) is 4.31. The maximum Gasteiger partial charge on any atom is 0.0820 e. The molecular formula is C18H25NO. The summed E-state index contributed by atoms with van der Waals surface area (Å²) in [6, 6.07) is 15.3. The Morgan fingerprint density at radius 2 is 1.75 bits per heavy atom. The molecule has 0 aromatic heterocycles. The third-order valence-corrected chi connectivity index (χ3v) is 3.73. The Bertz CT molecular complexity index is 562. The molecule has 0 aliphatic carbocycles. The summed E-state index contributed by atoms with van der Waals surface area (Å²) in [5.74, 6) is 0. The summed E-state index contributed by atoms with van der Waals surface area (Å²) in [6.45, 7) is 10.1. The van der Waals surface area contributed by atoms with Crippen LogP contribution in [0.3, 0.4) is 0 Å². The number of nitrogens with one attached hydrogen (secondary N) is 1. The first-order valence-electron chi connectivity index (χ1n) is 7.44. The average Bonchev–Trinajstić information content (AvgIpc) is 2.44. The third-order valence-electron chi connectivity index (χ3n) is 3.73. The van der Waals surface area contributed by atoms with Gasteiger partial charge in [-0.05, 0) is 49.7 Å². The van der Waals surface area contributed by atoms with Crippen LogP contribution in [0.2, 0.25) is 0 Å². The molecule has 0 bridgehead atoms.